The second kappa shape index (κ2) is 10.5. The maximum Gasteiger partial charge on any atom is 0.255 e. The van der Waals surface area contributed by atoms with Crippen molar-refractivity contribution in [1.29, 1.82) is 0 Å². The summed E-state index contributed by atoms with van der Waals surface area (Å²) in [5, 5.41) is 18.3. The number of hydrogen-bond donors (Lipinski definition) is 2. The van der Waals surface area contributed by atoms with Crippen LogP contribution in [0.25, 0.3) is 0 Å². The van der Waals surface area contributed by atoms with Gasteiger partial charge in [-0.1, -0.05) is 59.7 Å². The molecule has 0 radical (unpaired) electrons. The molecule has 1 unspecified atom stereocenters. The van der Waals surface area contributed by atoms with Gasteiger partial charge in [-0.15, -0.1) is 0 Å². The maximum absolute atomic E-state index is 13.6. The molecule has 3 aromatic carbocycles. The van der Waals surface area contributed by atoms with Crippen LogP contribution >= 0.6 is 0 Å². The van der Waals surface area contributed by atoms with Gasteiger partial charge in [0.05, 0.1) is 19.3 Å². The van der Waals surface area contributed by atoms with E-state index in [0.717, 1.165) is 23.2 Å². The Morgan fingerprint density at radius 1 is 1.03 bits per heavy atom. The van der Waals surface area contributed by atoms with Crippen molar-refractivity contribution in [2.75, 3.05) is 24.4 Å². The minimum Gasteiger partial charge on any atom is -0.493 e. The molecule has 1 aliphatic rings. The van der Waals surface area contributed by atoms with Crippen molar-refractivity contribution in [1.82, 2.24) is 20.2 Å². The van der Waals surface area contributed by atoms with E-state index in [1.807, 2.05) is 74.5 Å². The molecule has 2 N–H and O–H groups in total. The van der Waals surface area contributed by atoms with Crippen LogP contribution in [0.1, 0.15) is 29.7 Å². The monoisotopic (exact) mass is 496 g/mol. The first-order valence-electron chi connectivity index (χ1n) is 12.0. The molecule has 2 heterocycles. The number of rotatable bonds is 8. The molecule has 4 aromatic rings. The zero-order valence-electron chi connectivity index (χ0n) is 20.9. The molecule has 0 saturated heterocycles. The number of ether oxygens (including phenoxy) is 2. The number of fused-ring (bicyclic) bond motifs is 1. The first kappa shape index (κ1) is 24.1. The molecule has 1 aromatic heterocycles. The van der Waals surface area contributed by atoms with Crippen LogP contribution < -0.4 is 20.1 Å². The largest absolute Gasteiger partial charge is 0.493 e. The maximum atomic E-state index is 13.6. The third-order valence-electron chi connectivity index (χ3n) is 6.35. The molecule has 0 aliphatic carbocycles. The summed E-state index contributed by atoms with van der Waals surface area (Å²) in [5.41, 5.74) is 4.87. The number of nitrogens with zero attached hydrogens (tertiary/aromatic N) is 4. The molecule has 9 heteroatoms. The number of nitrogens with one attached hydrogen (secondary N) is 2. The Morgan fingerprint density at radius 2 is 1.81 bits per heavy atom. The van der Waals surface area contributed by atoms with E-state index in [1.54, 1.807) is 11.8 Å². The third kappa shape index (κ3) is 5.02. The highest BCUT2D eigenvalue weighted by Gasteiger charge is 2.34. The summed E-state index contributed by atoms with van der Waals surface area (Å²) < 4.78 is 13.3. The molecule has 0 fully saturated rings. The van der Waals surface area contributed by atoms with Gasteiger partial charge in [-0.2, -0.15) is 4.68 Å². The number of aromatic nitrogens is 4. The average Bonchev–Trinajstić information content (AvgIpc) is 3.38. The van der Waals surface area contributed by atoms with E-state index in [2.05, 4.69) is 38.3 Å². The van der Waals surface area contributed by atoms with Gasteiger partial charge in [-0.3, -0.25) is 4.79 Å². The fourth-order valence-corrected chi connectivity index (χ4v) is 4.41. The number of para-hydroxylation sites is 1. The number of hydrogen-bond acceptors (Lipinski definition) is 7. The number of methoxy groups -OCH3 is 1. The molecule has 5 rings (SSSR count). The van der Waals surface area contributed by atoms with E-state index < -0.39 is 6.04 Å². The van der Waals surface area contributed by atoms with Crippen molar-refractivity contribution < 1.29 is 14.3 Å². The lowest BCUT2D eigenvalue weighted by Crippen LogP contribution is -2.31. The van der Waals surface area contributed by atoms with Crippen LogP contribution in [0.15, 0.2) is 84.1 Å². The van der Waals surface area contributed by atoms with Crippen molar-refractivity contribution in [3.05, 3.63) is 101 Å². The predicted octanol–water partition coefficient (Wildman–Crippen LogP) is 4.54. The summed E-state index contributed by atoms with van der Waals surface area (Å²) in [4.78, 5) is 13.6. The lowest BCUT2D eigenvalue weighted by molar-refractivity contribution is -0.113. The van der Waals surface area contributed by atoms with Gasteiger partial charge in [0.2, 0.25) is 5.95 Å². The SMILES string of the molecule is COc1cc(C2C(C(=O)Nc3ccccc3C)=C(C)Nc3nnnn32)ccc1OCCc1ccccc1. The molecule has 9 nitrogen and oxygen atoms in total. The van der Waals surface area contributed by atoms with E-state index in [-0.39, 0.29) is 5.91 Å². The Morgan fingerprint density at radius 3 is 2.59 bits per heavy atom. The third-order valence-corrected chi connectivity index (χ3v) is 6.35. The van der Waals surface area contributed by atoms with Crippen molar-refractivity contribution in [3.8, 4) is 11.5 Å². The lowest BCUT2D eigenvalue weighted by Gasteiger charge is -2.28. The standard InChI is InChI=1S/C28H28N6O3/c1-18-9-7-8-12-22(18)30-27(35)25-19(2)29-28-31-32-33-34(28)26(25)21-13-14-23(24(17-21)36-3)37-16-15-20-10-5-4-6-11-20/h4-14,17,26H,15-16H2,1-3H3,(H,30,35)(H,29,31,33). The van der Waals surface area contributed by atoms with Crippen molar-refractivity contribution in [2.45, 2.75) is 26.3 Å². The molecular weight excluding hydrogens is 468 g/mol. The minimum absolute atomic E-state index is 0.243. The summed E-state index contributed by atoms with van der Waals surface area (Å²) in [6.45, 7) is 4.30. The zero-order valence-corrected chi connectivity index (χ0v) is 20.9. The van der Waals surface area contributed by atoms with Gasteiger partial charge in [-0.05, 0) is 59.2 Å². The van der Waals surface area contributed by atoms with Crippen molar-refractivity contribution >= 4 is 17.5 Å². The highest BCUT2D eigenvalue weighted by Crippen LogP contribution is 2.38. The summed E-state index contributed by atoms with van der Waals surface area (Å²) in [5.74, 6) is 1.40. The van der Waals surface area contributed by atoms with Crippen LogP contribution in [0.3, 0.4) is 0 Å². The fourth-order valence-electron chi connectivity index (χ4n) is 4.41. The molecule has 0 bridgehead atoms. The molecular formula is C28H28N6O3. The van der Waals surface area contributed by atoms with E-state index in [9.17, 15) is 4.79 Å². The quantitative estimate of drug-likeness (QED) is 0.369. The highest BCUT2D eigenvalue weighted by atomic mass is 16.5. The normalized spacial score (nSPS) is 14.5. The van der Waals surface area contributed by atoms with Gasteiger partial charge in [0.15, 0.2) is 11.5 Å². The molecule has 37 heavy (non-hydrogen) atoms. The van der Waals surface area contributed by atoms with Gasteiger partial charge in [0.1, 0.15) is 6.04 Å². The number of tetrazole rings is 1. The van der Waals surface area contributed by atoms with Crippen molar-refractivity contribution in [3.63, 3.8) is 0 Å². The number of carbonyl (C=O) groups excluding carboxylic acids is 1. The van der Waals surface area contributed by atoms with Gasteiger partial charge < -0.3 is 20.1 Å². The predicted molar refractivity (Wildman–Crippen MR) is 141 cm³/mol. The van der Waals surface area contributed by atoms with Gasteiger partial charge in [0.25, 0.3) is 5.91 Å². The highest BCUT2D eigenvalue weighted by molar-refractivity contribution is 6.06. The number of aryl methyl sites for hydroxylation is 1. The van der Waals surface area contributed by atoms with Gasteiger partial charge >= 0.3 is 0 Å². The number of allylic oxidation sites excluding steroid dienone is 1. The second-order valence-electron chi connectivity index (χ2n) is 8.78. The first-order valence-corrected chi connectivity index (χ1v) is 12.0. The van der Waals surface area contributed by atoms with Gasteiger partial charge in [-0.25, -0.2) is 0 Å². The minimum atomic E-state index is -0.567. The van der Waals surface area contributed by atoms with Crippen LogP contribution in [0, 0.1) is 6.92 Å². The molecule has 1 atom stereocenters. The van der Waals surface area contributed by atoms with Crippen LogP contribution in [0.4, 0.5) is 11.6 Å². The van der Waals surface area contributed by atoms with Gasteiger partial charge in [0, 0.05) is 17.8 Å². The van der Waals surface area contributed by atoms with Crippen LogP contribution in [-0.2, 0) is 11.2 Å². The Bertz CT molecular complexity index is 1450. The average molecular weight is 497 g/mol. The van der Waals surface area contributed by atoms with Crippen LogP contribution in [-0.4, -0.2) is 39.8 Å². The fraction of sp³-hybridized carbons (Fsp3) is 0.214. The Hall–Kier alpha value is -4.66. The molecule has 0 spiro atoms. The molecule has 1 amide bonds. The molecule has 1 aliphatic heterocycles. The first-order chi connectivity index (χ1) is 18.0. The summed E-state index contributed by atoms with van der Waals surface area (Å²) in [6, 6.07) is 22.9. The van der Waals surface area contributed by atoms with Crippen LogP contribution in [0.5, 0.6) is 11.5 Å². The van der Waals surface area contributed by atoms with E-state index in [1.165, 1.54) is 5.56 Å². The summed E-state index contributed by atoms with van der Waals surface area (Å²) in [7, 11) is 1.60. The number of carbonyl (C=O) groups is 1. The van der Waals surface area contributed by atoms with Crippen LogP contribution in [0.2, 0.25) is 0 Å². The molecule has 0 saturated carbocycles. The number of anilines is 2. The van der Waals surface area contributed by atoms with E-state index in [0.29, 0.717) is 35.3 Å². The van der Waals surface area contributed by atoms with Crippen molar-refractivity contribution in [2.24, 2.45) is 0 Å². The summed E-state index contributed by atoms with van der Waals surface area (Å²) in [6.07, 6.45) is 0.777. The van der Waals surface area contributed by atoms with E-state index in [4.69, 9.17) is 9.47 Å². The Labute approximate surface area is 215 Å². The van der Waals surface area contributed by atoms with E-state index >= 15 is 0 Å². The second-order valence-corrected chi connectivity index (χ2v) is 8.78. The Balaban J connectivity index is 1.44. The molecule has 188 valence electrons. The zero-order chi connectivity index (χ0) is 25.8. The number of benzene rings is 3. The smallest absolute Gasteiger partial charge is 0.255 e. The summed E-state index contributed by atoms with van der Waals surface area (Å²) >= 11 is 0. The Kier molecular flexibility index (Phi) is 6.85. The number of amides is 1. The lowest BCUT2D eigenvalue weighted by atomic mass is 9.94. The topological polar surface area (TPSA) is 103 Å².